The lowest BCUT2D eigenvalue weighted by atomic mass is 10.0. The number of nitrogens with one attached hydrogen (secondary N) is 1. The van der Waals surface area contributed by atoms with E-state index in [1.165, 1.54) is 12.1 Å². The molecule has 0 bridgehead atoms. The second kappa shape index (κ2) is 3.92. The first-order valence-electron chi connectivity index (χ1n) is 4.93. The van der Waals surface area contributed by atoms with Crippen molar-refractivity contribution in [2.75, 3.05) is 0 Å². The van der Waals surface area contributed by atoms with Crippen LogP contribution in [0, 0.1) is 5.82 Å². The molecule has 5 heteroatoms. The molecule has 1 aromatic heterocycles. The van der Waals surface area contributed by atoms with Crippen LogP contribution < -0.4 is 0 Å². The average Bonchev–Trinajstić information content (AvgIpc) is 2.59. The van der Waals surface area contributed by atoms with E-state index in [2.05, 4.69) is 10.2 Å². The third-order valence-corrected chi connectivity index (χ3v) is 2.52. The van der Waals surface area contributed by atoms with Gasteiger partial charge in [0.2, 0.25) is 0 Å². The first kappa shape index (κ1) is 10.6. The number of aromatic amines is 1. The number of benzene rings is 1. The highest BCUT2D eigenvalue weighted by atomic mass is 19.1. The van der Waals surface area contributed by atoms with Gasteiger partial charge in [-0.1, -0.05) is 6.92 Å². The largest absolute Gasteiger partial charge is 0.481 e. The third-order valence-electron chi connectivity index (χ3n) is 2.52. The molecule has 1 unspecified atom stereocenters. The summed E-state index contributed by atoms with van der Waals surface area (Å²) in [5.74, 6) is -1.39. The molecule has 1 heterocycles. The molecule has 0 saturated heterocycles. The van der Waals surface area contributed by atoms with Crippen LogP contribution in [-0.2, 0) is 4.79 Å². The fourth-order valence-electron chi connectivity index (χ4n) is 1.75. The Kier molecular flexibility index (Phi) is 2.60. The average molecular weight is 222 g/mol. The van der Waals surface area contributed by atoms with Gasteiger partial charge in [-0.2, -0.15) is 5.10 Å². The number of hydrogen-bond donors (Lipinski definition) is 2. The zero-order valence-electron chi connectivity index (χ0n) is 8.70. The van der Waals surface area contributed by atoms with E-state index in [0.717, 1.165) is 11.1 Å². The van der Waals surface area contributed by atoms with Crippen molar-refractivity contribution in [3.05, 3.63) is 29.7 Å². The highest BCUT2D eigenvalue weighted by Crippen LogP contribution is 2.25. The Bertz CT molecular complexity index is 536. The highest BCUT2D eigenvalue weighted by molar-refractivity contribution is 5.82. The minimum Gasteiger partial charge on any atom is -0.481 e. The maximum Gasteiger partial charge on any atom is 0.304 e. The number of carbonyl (C=O) groups is 1. The van der Waals surface area contributed by atoms with Crippen molar-refractivity contribution in [1.29, 1.82) is 0 Å². The Morgan fingerprint density at radius 1 is 1.62 bits per heavy atom. The van der Waals surface area contributed by atoms with Gasteiger partial charge in [-0.05, 0) is 12.1 Å². The van der Waals surface area contributed by atoms with E-state index in [4.69, 9.17) is 5.11 Å². The van der Waals surface area contributed by atoms with Crippen molar-refractivity contribution >= 4 is 16.9 Å². The second-order valence-corrected chi connectivity index (χ2v) is 3.80. The van der Waals surface area contributed by atoms with Gasteiger partial charge >= 0.3 is 5.97 Å². The fraction of sp³-hybridized carbons (Fsp3) is 0.273. The van der Waals surface area contributed by atoms with Gasteiger partial charge in [0.25, 0.3) is 0 Å². The quantitative estimate of drug-likeness (QED) is 0.837. The van der Waals surface area contributed by atoms with Gasteiger partial charge < -0.3 is 5.11 Å². The predicted molar refractivity (Wildman–Crippen MR) is 56.7 cm³/mol. The first-order valence-corrected chi connectivity index (χ1v) is 4.93. The van der Waals surface area contributed by atoms with Crippen molar-refractivity contribution in [3.8, 4) is 0 Å². The third kappa shape index (κ3) is 1.88. The van der Waals surface area contributed by atoms with Crippen molar-refractivity contribution in [1.82, 2.24) is 10.2 Å². The first-order chi connectivity index (χ1) is 7.58. The van der Waals surface area contributed by atoms with Crippen LogP contribution in [0.15, 0.2) is 18.2 Å². The molecule has 1 atom stereocenters. The zero-order valence-corrected chi connectivity index (χ0v) is 8.70. The number of halogens is 1. The Hall–Kier alpha value is -1.91. The molecule has 0 amide bonds. The summed E-state index contributed by atoms with van der Waals surface area (Å²) in [4.78, 5) is 10.6. The van der Waals surface area contributed by atoms with E-state index < -0.39 is 5.97 Å². The smallest absolute Gasteiger partial charge is 0.304 e. The van der Waals surface area contributed by atoms with Crippen LogP contribution in [-0.4, -0.2) is 21.3 Å². The SMILES string of the molecule is CC(CC(=O)O)c1[nH]nc2cc(F)ccc12. The van der Waals surface area contributed by atoms with E-state index in [0.29, 0.717) is 5.52 Å². The molecule has 0 fully saturated rings. The minimum absolute atomic E-state index is 0.0225. The van der Waals surface area contributed by atoms with Crippen LogP contribution in [0.3, 0.4) is 0 Å². The summed E-state index contributed by atoms with van der Waals surface area (Å²) in [6.07, 6.45) is 0.0225. The predicted octanol–water partition coefficient (Wildman–Crippen LogP) is 2.28. The van der Waals surface area contributed by atoms with Crippen LogP contribution >= 0.6 is 0 Å². The molecule has 0 aliphatic rings. The maximum absolute atomic E-state index is 12.9. The van der Waals surface area contributed by atoms with E-state index in [9.17, 15) is 9.18 Å². The van der Waals surface area contributed by atoms with Crippen molar-refractivity contribution in [2.24, 2.45) is 0 Å². The Morgan fingerprint density at radius 3 is 3.06 bits per heavy atom. The molecular weight excluding hydrogens is 211 g/mol. The van der Waals surface area contributed by atoms with Gasteiger partial charge in [-0.15, -0.1) is 0 Å². The van der Waals surface area contributed by atoms with Crippen molar-refractivity contribution in [2.45, 2.75) is 19.3 Å². The zero-order chi connectivity index (χ0) is 11.7. The highest BCUT2D eigenvalue weighted by Gasteiger charge is 2.15. The Labute approximate surface area is 91.1 Å². The number of fused-ring (bicyclic) bond motifs is 1. The summed E-state index contributed by atoms with van der Waals surface area (Å²) in [5.41, 5.74) is 1.25. The number of aromatic nitrogens is 2. The van der Waals surface area contributed by atoms with Gasteiger partial charge in [-0.3, -0.25) is 9.89 Å². The van der Waals surface area contributed by atoms with E-state index in [1.54, 1.807) is 13.0 Å². The molecule has 0 saturated carbocycles. The van der Waals surface area contributed by atoms with Crippen LogP contribution in [0.25, 0.3) is 10.9 Å². The molecule has 2 N–H and O–H groups in total. The second-order valence-electron chi connectivity index (χ2n) is 3.80. The van der Waals surface area contributed by atoms with Gasteiger partial charge in [0.15, 0.2) is 0 Å². The van der Waals surface area contributed by atoms with Crippen LogP contribution in [0.4, 0.5) is 4.39 Å². The van der Waals surface area contributed by atoms with Crippen LogP contribution in [0.1, 0.15) is 25.0 Å². The molecule has 1 aromatic carbocycles. The van der Waals surface area contributed by atoms with Gasteiger partial charge in [0, 0.05) is 23.1 Å². The summed E-state index contributed by atoms with van der Waals surface area (Å²) in [6.45, 7) is 1.80. The number of aliphatic carboxylic acids is 1. The molecule has 4 nitrogen and oxygen atoms in total. The minimum atomic E-state index is -0.864. The lowest BCUT2D eigenvalue weighted by Crippen LogP contribution is -2.03. The van der Waals surface area contributed by atoms with E-state index >= 15 is 0 Å². The summed E-state index contributed by atoms with van der Waals surface area (Å²) in [5, 5.41) is 16.2. The maximum atomic E-state index is 12.9. The Morgan fingerprint density at radius 2 is 2.38 bits per heavy atom. The molecule has 0 radical (unpaired) electrons. The summed E-state index contributed by atoms with van der Waals surface area (Å²) < 4.78 is 12.9. The molecule has 0 spiro atoms. The summed E-state index contributed by atoms with van der Waals surface area (Å²) >= 11 is 0. The van der Waals surface area contributed by atoms with Crippen molar-refractivity contribution < 1.29 is 14.3 Å². The molecule has 0 aliphatic carbocycles. The van der Waals surface area contributed by atoms with E-state index in [1.807, 2.05) is 0 Å². The normalized spacial score (nSPS) is 12.9. The number of hydrogen-bond acceptors (Lipinski definition) is 2. The number of carboxylic acids is 1. The molecular formula is C11H11FN2O2. The van der Waals surface area contributed by atoms with E-state index in [-0.39, 0.29) is 18.2 Å². The van der Waals surface area contributed by atoms with Crippen LogP contribution in [0.5, 0.6) is 0 Å². The molecule has 84 valence electrons. The molecule has 2 aromatic rings. The summed E-state index contributed by atoms with van der Waals surface area (Å²) in [7, 11) is 0. The fourth-order valence-corrected chi connectivity index (χ4v) is 1.75. The Balaban J connectivity index is 2.41. The number of rotatable bonds is 3. The lowest BCUT2D eigenvalue weighted by Gasteiger charge is -2.05. The molecule has 2 rings (SSSR count). The van der Waals surface area contributed by atoms with Gasteiger partial charge in [-0.25, -0.2) is 4.39 Å². The number of H-pyrrole nitrogens is 1. The standard InChI is InChI=1S/C11H11FN2O2/c1-6(4-10(15)16)11-8-3-2-7(12)5-9(8)13-14-11/h2-3,5-6H,4H2,1H3,(H,13,14)(H,15,16). The topological polar surface area (TPSA) is 66.0 Å². The molecule has 16 heavy (non-hydrogen) atoms. The van der Waals surface area contributed by atoms with Crippen LogP contribution in [0.2, 0.25) is 0 Å². The van der Waals surface area contributed by atoms with Crippen molar-refractivity contribution in [3.63, 3.8) is 0 Å². The van der Waals surface area contributed by atoms with Gasteiger partial charge in [0.1, 0.15) is 5.82 Å². The monoisotopic (exact) mass is 222 g/mol. The lowest BCUT2D eigenvalue weighted by molar-refractivity contribution is -0.137. The number of nitrogens with zero attached hydrogens (tertiary/aromatic N) is 1. The number of carboxylic acid groups (broad SMARTS) is 1. The summed E-state index contributed by atoms with van der Waals surface area (Å²) in [6, 6.07) is 4.28. The molecule has 0 aliphatic heterocycles. The van der Waals surface area contributed by atoms with Gasteiger partial charge in [0.05, 0.1) is 11.9 Å².